The summed E-state index contributed by atoms with van der Waals surface area (Å²) in [4.78, 5) is 10.3. The Morgan fingerprint density at radius 2 is 2.00 bits per heavy atom. The predicted molar refractivity (Wildman–Crippen MR) is 46.9 cm³/mol. The van der Waals surface area contributed by atoms with Crippen LogP contribution in [0.2, 0.25) is 0 Å². The standard InChI is InChI=1S/C9H18O3/c1-3-5-7(4-2)6-8(10)9(11)12/h7-8,10H,3-6H2,1-2H3,(H,11,12). The summed E-state index contributed by atoms with van der Waals surface area (Å²) in [6, 6.07) is 0. The van der Waals surface area contributed by atoms with E-state index in [1.165, 1.54) is 0 Å². The number of carboxylic acid groups (broad SMARTS) is 1. The third kappa shape index (κ3) is 4.34. The highest BCUT2D eigenvalue weighted by Gasteiger charge is 2.17. The van der Waals surface area contributed by atoms with Crippen molar-refractivity contribution in [3.63, 3.8) is 0 Å². The van der Waals surface area contributed by atoms with Crippen LogP contribution in [0.25, 0.3) is 0 Å². The molecule has 0 saturated heterocycles. The molecule has 0 aliphatic rings. The first-order valence-corrected chi connectivity index (χ1v) is 4.52. The Labute approximate surface area is 73.4 Å². The lowest BCUT2D eigenvalue weighted by Crippen LogP contribution is -2.22. The number of aliphatic hydroxyl groups excluding tert-OH is 1. The number of hydrogen-bond donors (Lipinski definition) is 2. The minimum Gasteiger partial charge on any atom is -0.479 e. The number of carboxylic acids is 1. The van der Waals surface area contributed by atoms with E-state index in [1.807, 2.05) is 6.92 Å². The lowest BCUT2D eigenvalue weighted by Gasteiger charge is -2.15. The van der Waals surface area contributed by atoms with Gasteiger partial charge < -0.3 is 10.2 Å². The van der Waals surface area contributed by atoms with Gasteiger partial charge in [-0.1, -0.05) is 33.1 Å². The summed E-state index contributed by atoms with van der Waals surface area (Å²) in [5, 5.41) is 17.5. The molecule has 0 aromatic rings. The molecule has 0 bridgehead atoms. The molecule has 0 aliphatic carbocycles. The molecule has 2 unspecified atom stereocenters. The predicted octanol–water partition coefficient (Wildman–Crippen LogP) is 1.65. The monoisotopic (exact) mass is 174 g/mol. The lowest BCUT2D eigenvalue weighted by atomic mass is 9.94. The van der Waals surface area contributed by atoms with Crippen LogP contribution in [0.15, 0.2) is 0 Å². The lowest BCUT2D eigenvalue weighted by molar-refractivity contribution is -0.147. The number of hydrogen-bond acceptors (Lipinski definition) is 2. The second-order valence-electron chi connectivity index (χ2n) is 3.15. The Morgan fingerprint density at radius 3 is 2.33 bits per heavy atom. The fourth-order valence-electron chi connectivity index (χ4n) is 1.31. The van der Waals surface area contributed by atoms with Crippen molar-refractivity contribution in [3.8, 4) is 0 Å². The zero-order valence-corrected chi connectivity index (χ0v) is 7.79. The van der Waals surface area contributed by atoms with Gasteiger partial charge in [0.15, 0.2) is 6.10 Å². The molecule has 0 aliphatic heterocycles. The summed E-state index contributed by atoms with van der Waals surface area (Å²) in [5.41, 5.74) is 0. The van der Waals surface area contributed by atoms with Gasteiger partial charge >= 0.3 is 5.97 Å². The maximum absolute atomic E-state index is 10.3. The van der Waals surface area contributed by atoms with Gasteiger partial charge in [0.1, 0.15) is 0 Å². The highest BCUT2D eigenvalue weighted by atomic mass is 16.4. The normalized spacial score (nSPS) is 15.6. The van der Waals surface area contributed by atoms with Crippen molar-refractivity contribution in [2.45, 2.75) is 45.6 Å². The van der Waals surface area contributed by atoms with Crippen LogP contribution in [0.3, 0.4) is 0 Å². The van der Waals surface area contributed by atoms with Gasteiger partial charge in [0.2, 0.25) is 0 Å². The van der Waals surface area contributed by atoms with Crippen molar-refractivity contribution >= 4 is 5.97 Å². The molecule has 0 heterocycles. The fraction of sp³-hybridized carbons (Fsp3) is 0.889. The van der Waals surface area contributed by atoms with Crippen molar-refractivity contribution in [1.82, 2.24) is 0 Å². The molecule has 0 aromatic carbocycles. The molecular weight excluding hydrogens is 156 g/mol. The Bertz CT molecular complexity index is 134. The van der Waals surface area contributed by atoms with Gasteiger partial charge in [-0.25, -0.2) is 4.79 Å². The van der Waals surface area contributed by atoms with E-state index in [2.05, 4.69) is 6.92 Å². The van der Waals surface area contributed by atoms with Crippen molar-refractivity contribution in [2.75, 3.05) is 0 Å². The number of rotatable bonds is 6. The van der Waals surface area contributed by atoms with Crippen LogP contribution in [-0.4, -0.2) is 22.3 Å². The van der Waals surface area contributed by atoms with E-state index in [0.29, 0.717) is 12.3 Å². The van der Waals surface area contributed by atoms with E-state index >= 15 is 0 Å². The van der Waals surface area contributed by atoms with Gasteiger partial charge in [0, 0.05) is 0 Å². The van der Waals surface area contributed by atoms with Gasteiger partial charge in [0.05, 0.1) is 0 Å². The van der Waals surface area contributed by atoms with Crippen LogP contribution < -0.4 is 0 Å². The first kappa shape index (κ1) is 11.4. The molecule has 2 atom stereocenters. The zero-order chi connectivity index (χ0) is 9.56. The summed E-state index contributed by atoms with van der Waals surface area (Å²) in [5.74, 6) is -0.759. The van der Waals surface area contributed by atoms with E-state index < -0.39 is 12.1 Å². The summed E-state index contributed by atoms with van der Waals surface area (Å²) in [6.07, 6.45) is 2.20. The van der Waals surface area contributed by atoms with Crippen molar-refractivity contribution < 1.29 is 15.0 Å². The fourth-order valence-corrected chi connectivity index (χ4v) is 1.31. The van der Waals surface area contributed by atoms with Crippen molar-refractivity contribution in [2.24, 2.45) is 5.92 Å². The highest BCUT2D eigenvalue weighted by molar-refractivity contribution is 5.71. The van der Waals surface area contributed by atoms with Gasteiger partial charge in [-0.3, -0.25) is 0 Å². The Morgan fingerprint density at radius 1 is 1.42 bits per heavy atom. The molecule has 0 amide bonds. The van der Waals surface area contributed by atoms with Gasteiger partial charge in [-0.15, -0.1) is 0 Å². The molecular formula is C9H18O3. The molecule has 0 saturated carbocycles. The largest absolute Gasteiger partial charge is 0.479 e. The van der Waals surface area contributed by atoms with Crippen LogP contribution in [0.4, 0.5) is 0 Å². The molecule has 3 nitrogen and oxygen atoms in total. The van der Waals surface area contributed by atoms with Gasteiger partial charge in [-0.05, 0) is 12.3 Å². The number of aliphatic hydroxyl groups is 1. The summed E-state index contributed by atoms with van der Waals surface area (Å²) >= 11 is 0. The van der Waals surface area contributed by atoms with E-state index in [0.717, 1.165) is 19.3 Å². The molecule has 3 heteroatoms. The maximum atomic E-state index is 10.3. The van der Waals surface area contributed by atoms with Crippen LogP contribution in [0.5, 0.6) is 0 Å². The minimum atomic E-state index is -1.18. The van der Waals surface area contributed by atoms with Crippen molar-refractivity contribution in [1.29, 1.82) is 0 Å². The maximum Gasteiger partial charge on any atom is 0.332 e. The average molecular weight is 174 g/mol. The second kappa shape index (κ2) is 6.00. The smallest absolute Gasteiger partial charge is 0.332 e. The topological polar surface area (TPSA) is 57.5 Å². The third-order valence-electron chi connectivity index (χ3n) is 2.12. The molecule has 2 N–H and O–H groups in total. The average Bonchev–Trinajstić information content (AvgIpc) is 2.03. The van der Waals surface area contributed by atoms with Crippen molar-refractivity contribution in [3.05, 3.63) is 0 Å². The van der Waals surface area contributed by atoms with Gasteiger partial charge in [-0.2, -0.15) is 0 Å². The molecule has 0 radical (unpaired) electrons. The molecule has 0 aromatic heterocycles. The first-order chi connectivity index (χ1) is 5.61. The van der Waals surface area contributed by atoms with E-state index in [4.69, 9.17) is 10.2 Å². The first-order valence-electron chi connectivity index (χ1n) is 4.52. The molecule has 0 fully saturated rings. The molecule has 12 heavy (non-hydrogen) atoms. The molecule has 0 spiro atoms. The quantitative estimate of drug-likeness (QED) is 0.643. The summed E-state index contributed by atoms with van der Waals surface area (Å²) < 4.78 is 0. The third-order valence-corrected chi connectivity index (χ3v) is 2.12. The molecule has 0 rings (SSSR count). The second-order valence-corrected chi connectivity index (χ2v) is 3.15. The van der Waals surface area contributed by atoms with E-state index in [-0.39, 0.29) is 0 Å². The van der Waals surface area contributed by atoms with Crippen LogP contribution in [0, 0.1) is 5.92 Å². The highest BCUT2D eigenvalue weighted by Crippen LogP contribution is 2.17. The summed E-state index contributed by atoms with van der Waals surface area (Å²) in [7, 11) is 0. The Hall–Kier alpha value is -0.570. The minimum absolute atomic E-state index is 0.348. The Balaban J connectivity index is 3.76. The zero-order valence-electron chi connectivity index (χ0n) is 7.79. The number of carbonyl (C=O) groups is 1. The number of aliphatic carboxylic acids is 1. The summed E-state index contributed by atoms with van der Waals surface area (Å²) in [6.45, 7) is 4.09. The van der Waals surface area contributed by atoms with Gasteiger partial charge in [0.25, 0.3) is 0 Å². The van der Waals surface area contributed by atoms with Crippen LogP contribution in [0.1, 0.15) is 39.5 Å². The SMILES string of the molecule is CCCC(CC)CC(O)C(=O)O. The van der Waals surface area contributed by atoms with Crippen LogP contribution in [-0.2, 0) is 4.79 Å². The molecule has 72 valence electrons. The van der Waals surface area contributed by atoms with E-state index in [1.54, 1.807) is 0 Å². The van der Waals surface area contributed by atoms with Crippen LogP contribution >= 0.6 is 0 Å². The van der Waals surface area contributed by atoms with E-state index in [9.17, 15) is 4.79 Å². The Kier molecular flexibility index (Phi) is 5.72.